The van der Waals surface area contributed by atoms with Gasteiger partial charge in [0.15, 0.2) is 5.75 Å². The molecule has 2 amide bonds. The Morgan fingerprint density at radius 2 is 1.77 bits per heavy atom. The highest BCUT2D eigenvalue weighted by molar-refractivity contribution is 7.89. The summed E-state index contributed by atoms with van der Waals surface area (Å²) in [6.45, 7) is 3.37. The lowest BCUT2D eigenvalue weighted by molar-refractivity contribution is -0.115. The van der Waals surface area contributed by atoms with Crippen molar-refractivity contribution >= 4 is 55.4 Å². The fraction of sp³-hybridized carbons (Fsp3) is 0.143. The lowest BCUT2D eigenvalue weighted by Gasteiger charge is -2.12. The van der Waals surface area contributed by atoms with E-state index in [0.717, 1.165) is 5.56 Å². The number of azo groups is 1. The Morgan fingerprint density at radius 3 is 2.54 bits per heavy atom. The summed E-state index contributed by atoms with van der Waals surface area (Å²) in [7, 11) is -2.30. The summed E-state index contributed by atoms with van der Waals surface area (Å²) in [5, 5.41) is 26.5. The van der Waals surface area contributed by atoms with Gasteiger partial charge in [-0.3, -0.25) is 9.59 Å². The van der Waals surface area contributed by atoms with Crippen LogP contribution in [0.4, 0.5) is 22.7 Å². The highest BCUT2D eigenvalue weighted by Gasteiger charge is 2.21. The van der Waals surface area contributed by atoms with Gasteiger partial charge in [-0.25, -0.2) is 13.1 Å². The molecule has 1 aliphatic heterocycles. The molecule has 4 aromatic rings. The average Bonchev–Trinajstić information content (AvgIpc) is 3.28. The van der Waals surface area contributed by atoms with Crippen molar-refractivity contribution < 1.29 is 23.1 Å². The maximum atomic E-state index is 13.2. The number of hydrogen-bond donors (Lipinski definition) is 4. The van der Waals surface area contributed by atoms with Gasteiger partial charge in [0.1, 0.15) is 5.69 Å². The first-order chi connectivity index (χ1) is 18.6. The van der Waals surface area contributed by atoms with Gasteiger partial charge in [0.25, 0.3) is 5.91 Å². The van der Waals surface area contributed by atoms with Gasteiger partial charge >= 0.3 is 0 Å². The molecule has 0 saturated heterocycles. The lowest BCUT2D eigenvalue weighted by atomic mass is 10.0. The minimum atomic E-state index is -3.64. The van der Waals surface area contributed by atoms with Gasteiger partial charge in [-0.05, 0) is 79.4 Å². The second-order valence-electron chi connectivity index (χ2n) is 9.21. The summed E-state index contributed by atoms with van der Waals surface area (Å²) < 4.78 is 26.9. The van der Waals surface area contributed by atoms with Crippen LogP contribution in [0.25, 0.3) is 10.8 Å². The van der Waals surface area contributed by atoms with Gasteiger partial charge in [-0.15, -0.1) is 5.11 Å². The Hall–Kier alpha value is -4.61. The molecule has 39 heavy (non-hydrogen) atoms. The van der Waals surface area contributed by atoms with Crippen LogP contribution in [0.5, 0.6) is 5.75 Å². The number of fused-ring (bicyclic) bond motifs is 2. The monoisotopic (exact) mass is 543 g/mol. The molecule has 4 aromatic carbocycles. The van der Waals surface area contributed by atoms with Gasteiger partial charge in [-0.2, -0.15) is 5.11 Å². The standard InChI is InChI=1S/C28H25N5O5S/c1-15-11-24(39(37,38)29-3)16(2)10-23(15)32-33-26-20-7-5-4-6-17(20)13-21(27(26)35)28(36)30-19-8-9-22-18(12-19)14-25(34)31-22/h4-13,29,35H,14H2,1-3H3,(H,30,36)(H,31,34). The molecular weight excluding hydrogens is 518 g/mol. The maximum Gasteiger partial charge on any atom is 0.259 e. The molecule has 1 aliphatic rings. The summed E-state index contributed by atoms with van der Waals surface area (Å²) in [4.78, 5) is 25.0. The Morgan fingerprint density at radius 1 is 1.00 bits per heavy atom. The van der Waals surface area contributed by atoms with E-state index in [2.05, 4.69) is 25.6 Å². The van der Waals surface area contributed by atoms with E-state index < -0.39 is 15.9 Å². The molecule has 0 aliphatic carbocycles. The van der Waals surface area contributed by atoms with Crippen LogP contribution in [-0.4, -0.2) is 32.4 Å². The predicted octanol–water partition coefficient (Wildman–Crippen LogP) is 5.23. The Labute approximate surface area is 224 Å². The summed E-state index contributed by atoms with van der Waals surface area (Å²) in [5.74, 6) is -1.02. The third-order valence-electron chi connectivity index (χ3n) is 6.54. The van der Waals surface area contributed by atoms with E-state index in [1.807, 2.05) is 0 Å². The Kier molecular flexibility index (Phi) is 6.62. The molecule has 10 nitrogen and oxygen atoms in total. The third kappa shape index (κ3) is 4.97. The van der Waals surface area contributed by atoms with Crippen LogP contribution in [0.2, 0.25) is 0 Å². The molecule has 0 saturated carbocycles. The topological polar surface area (TPSA) is 149 Å². The molecule has 0 spiro atoms. The Bertz CT molecular complexity index is 1820. The van der Waals surface area contributed by atoms with Crippen molar-refractivity contribution in [1.82, 2.24) is 4.72 Å². The molecule has 1 heterocycles. The Balaban J connectivity index is 1.53. The maximum absolute atomic E-state index is 13.2. The summed E-state index contributed by atoms with van der Waals surface area (Å²) in [6.07, 6.45) is 0.228. The zero-order chi connectivity index (χ0) is 27.9. The second-order valence-corrected chi connectivity index (χ2v) is 11.1. The first kappa shape index (κ1) is 26.0. The van der Waals surface area contributed by atoms with E-state index in [1.54, 1.807) is 68.4 Å². The van der Waals surface area contributed by atoms with Gasteiger partial charge in [0, 0.05) is 16.8 Å². The number of sulfonamides is 1. The van der Waals surface area contributed by atoms with Gasteiger partial charge in [0.05, 0.1) is 22.6 Å². The number of anilines is 2. The smallest absolute Gasteiger partial charge is 0.259 e. The molecule has 0 aromatic heterocycles. The number of benzene rings is 4. The lowest BCUT2D eigenvalue weighted by Crippen LogP contribution is -2.19. The number of hydrogen-bond acceptors (Lipinski definition) is 7. The molecule has 0 fully saturated rings. The summed E-state index contributed by atoms with van der Waals surface area (Å²) in [5.41, 5.74) is 3.53. The van der Waals surface area contributed by atoms with Crippen LogP contribution < -0.4 is 15.4 Å². The van der Waals surface area contributed by atoms with Crippen molar-refractivity contribution in [2.75, 3.05) is 17.7 Å². The van der Waals surface area contributed by atoms with Crippen LogP contribution in [0, 0.1) is 13.8 Å². The normalized spacial score (nSPS) is 13.1. The summed E-state index contributed by atoms with van der Waals surface area (Å²) >= 11 is 0. The number of carbonyl (C=O) groups is 2. The van der Waals surface area contributed by atoms with Crippen LogP contribution in [0.1, 0.15) is 27.0 Å². The number of nitrogens with zero attached hydrogens (tertiary/aromatic N) is 2. The number of carbonyl (C=O) groups excluding carboxylic acids is 2. The van der Waals surface area contributed by atoms with Crippen molar-refractivity contribution in [2.45, 2.75) is 25.2 Å². The van der Waals surface area contributed by atoms with Crippen molar-refractivity contribution in [3.63, 3.8) is 0 Å². The van der Waals surface area contributed by atoms with Crippen LogP contribution in [0.3, 0.4) is 0 Å². The minimum absolute atomic E-state index is 0.000661. The second kappa shape index (κ2) is 9.93. The number of aromatic hydroxyl groups is 1. The molecular formula is C28H25N5O5S. The molecule has 11 heteroatoms. The third-order valence-corrected chi connectivity index (χ3v) is 8.09. The molecule has 198 valence electrons. The first-order valence-corrected chi connectivity index (χ1v) is 13.5. The van der Waals surface area contributed by atoms with E-state index >= 15 is 0 Å². The molecule has 4 N–H and O–H groups in total. The van der Waals surface area contributed by atoms with E-state index in [1.165, 1.54) is 13.1 Å². The van der Waals surface area contributed by atoms with E-state index in [-0.39, 0.29) is 34.2 Å². The highest BCUT2D eigenvalue weighted by Crippen LogP contribution is 2.40. The van der Waals surface area contributed by atoms with Crippen LogP contribution >= 0.6 is 0 Å². The zero-order valence-electron chi connectivity index (χ0n) is 21.4. The largest absolute Gasteiger partial charge is 0.505 e. The van der Waals surface area contributed by atoms with E-state index in [9.17, 15) is 23.1 Å². The minimum Gasteiger partial charge on any atom is -0.505 e. The number of phenolic OH excluding ortho intramolecular Hbond substituents is 1. The van der Waals surface area contributed by atoms with E-state index in [0.29, 0.717) is 39.0 Å². The molecule has 5 rings (SSSR count). The number of nitrogens with one attached hydrogen (secondary N) is 3. The fourth-order valence-corrected chi connectivity index (χ4v) is 5.52. The molecule has 0 unspecified atom stereocenters. The first-order valence-electron chi connectivity index (χ1n) is 12.0. The zero-order valence-corrected chi connectivity index (χ0v) is 22.2. The highest BCUT2D eigenvalue weighted by atomic mass is 32.2. The summed E-state index contributed by atoms with van der Waals surface area (Å²) in [6, 6.07) is 16.9. The fourth-order valence-electron chi connectivity index (χ4n) is 4.48. The number of amides is 2. The van der Waals surface area contributed by atoms with Gasteiger partial charge in [-0.1, -0.05) is 24.3 Å². The number of rotatable bonds is 6. The van der Waals surface area contributed by atoms with Crippen molar-refractivity contribution in [3.05, 3.63) is 82.9 Å². The van der Waals surface area contributed by atoms with Gasteiger partial charge < -0.3 is 15.7 Å². The quantitative estimate of drug-likeness (QED) is 0.246. The van der Waals surface area contributed by atoms with Crippen molar-refractivity contribution in [3.8, 4) is 5.75 Å². The number of aryl methyl sites for hydroxylation is 2. The van der Waals surface area contributed by atoms with Crippen molar-refractivity contribution in [2.24, 2.45) is 10.2 Å². The average molecular weight is 544 g/mol. The predicted molar refractivity (Wildman–Crippen MR) is 149 cm³/mol. The van der Waals surface area contributed by atoms with Gasteiger partial charge in [0.2, 0.25) is 15.9 Å². The number of phenols is 1. The van der Waals surface area contributed by atoms with Crippen LogP contribution in [-0.2, 0) is 21.2 Å². The van der Waals surface area contributed by atoms with Crippen LogP contribution in [0.15, 0.2) is 75.8 Å². The van der Waals surface area contributed by atoms with E-state index in [4.69, 9.17) is 0 Å². The molecule has 0 radical (unpaired) electrons. The molecule has 0 atom stereocenters. The SMILES string of the molecule is CNS(=O)(=O)c1cc(C)c(N=Nc2c(O)c(C(=O)Nc3ccc4c(c3)CC(=O)N4)cc3ccccc23)cc1C. The molecule has 0 bridgehead atoms. The van der Waals surface area contributed by atoms with Crippen molar-refractivity contribution in [1.29, 1.82) is 0 Å².